The van der Waals surface area contributed by atoms with E-state index in [1.807, 2.05) is 0 Å². The molecule has 13 atom stereocenters. The number of carbonyl (C=O) groups excluding carboxylic acids is 2. The minimum absolute atomic E-state index is 0.0694. The molecule has 10 nitrogen and oxygen atoms in total. The van der Waals surface area contributed by atoms with Gasteiger partial charge in [-0.25, -0.2) is 0 Å². The highest BCUT2D eigenvalue weighted by atomic mass is 16.7. The van der Waals surface area contributed by atoms with Gasteiger partial charge in [0.05, 0.1) is 24.7 Å². The number of aliphatic hydroxyl groups is 2. The molecule has 2 bridgehead atoms. The van der Waals surface area contributed by atoms with E-state index in [1.165, 1.54) is 6.92 Å². The number of aliphatic hydroxyl groups excluding tert-OH is 2. The molecule has 2 N–H and O–H groups in total. The van der Waals surface area contributed by atoms with Crippen LogP contribution < -0.4 is 0 Å². The zero-order chi connectivity index (χ0) is 25.8. The van der Waals surface area contributed by atoms with Crippen LogP contribution >= 0.6 is 0 Å². The molecule has 5 aliphatic heterocycles. The third-order valence-electron chi connectivity index (χ3n) is 10.4. The molecule has 7 rings (SSSR count). The predicted octanol–water partition coefficient (Wildman–Crippen LogP) is 1.49. The highest BCUT2D eigenvalue weighted by Gasteiger charge is 2.86. The van der Waals surface area contributed by atoms with Gasteiger partial charge in [0.2, 0.25) is 6.29 Å². The van der Waals surface area contributed by atoms with E-state index in [0.717, 1.165) is 6.42 Å². The zero-order valence-electron chi connectivity index (χ0n) is 21.5. The lowest BCUT2D eigenvalue weighted by Crippen LogP contribution is -2.80. The van der Waals surface area contributed by atoms with Crippen molar-refractivity contribution in [1.82, 2.24) is 0 Å². The van der Waals surface area contributed by atoms with Crippen LogP contribution in [-0.4, -0.2) is 77.6 Å². The van der Waals surface area contributed by atoms with Crippen LogP contribution in [0.2, 0.25) is 0 Å². The summed E-state index contributed by atoms with van der Waals surface area (Å²) in [5.41, 5.74) is -2.58. The molecule has 5 saturated heterocycles. The van der Waals surface area contributed by atoms with Gasteiger partial charge < -0.3 is 38.6 Å². The molecule has 0 amide bonds. The quantitative estimate of drug-likeness (QED) is 0.423. The van der Waals surface area contributed by atoms with E-state index in [1.54, 1.807) is 13.8 Å². The molecule has 0 radical (unpaired) electrons. The third-order valence-corrected chi connectivity index (χ3v) is 10.4. The van der Waals surface area contributed by atoms with E-state index in [0.29, 0.717) is 19.3 Å². The molecule has 2 saturated carbocycles. The predicted molar refractivity (Wildman–Crippen MR) is 121 cm³/mol. The Kier molecular flexibility index (Phi) is 5.63. The van der Waals surface area contributed by atoms with Crippen molar-refractivity contribution in [2.75, 3.05) is 6.61 Å². The summed E-state index contributed by atoms with van der Waals surface area (Å²) in [5.74, 6) is -1.26. The van der Waals surface area contributed by atoms with Crippen LogP contribution in [0.1, 0.15) is 60.3 Å². The Morgan fingerprint density at radius 2 is 1.75 bits per heavy atom. The molecule has 7 fully saturated rings. The molecule has 2 spiro atoms. The summed E-state index contributed by atoms with van der Waals surface area (Å²) in [7, 11) is 0. The first-order chi connectivity index (χ1) is 16.9. The van der Waals surface area contributed by atoms with Crippen LogP contribution in [-0.2, 0) is 38.0 Å². The fourth-order valence-electron chi connectivity index (χ4n) is 8.39. The Balaban J connectivity index is 1.46. The molecule has 2 aliphatic carbocycles. The minimum atomic E-state index is -1.10. The summed E-state index contributed by atoms with van der Waals surface area (Å²) in [6.45, 7) is 9.50. The topological polar surface area (TPSA) is 133 Å². The van der Waals surface area contributed by atoms with Gasteiger partial charge in [0.15, 0.2) is 12.6 Å². The number of epoxide rings is 1. The fourth-order valence-corrected chi connectivity index (χ4v) is 8.39. The number of ether oxygens (including phenoxy) is 6. The van der Waals surface area contributed by atoms with Crippen LogP contribution in [0, 0.1) is 34.5 Å². The van der Waals surface area contributed by atoms with E-state index >= 15 is 0 Å². The summed E-state index contributed by atoms with van der Waals surface area (Å²) in [6.07, 6.45) is -2.45. The standard InChI is InChI=1S/C26H38O10/c1-11(2)21(30)36-23-26-16(9-15(33-23)20(29)25(26)10-31-25)24(5,12(3)6-18(26)32-13(4)27)17-7-14-8-19(28)35-22(14)34-17/h11-12,14-20,22-23,28-29H,6-10H2,1-5H3. The van der Waals surface area contributed by atoms with Crippen molar-refractivity contribution >= 4 is 11.9 Å². The van der Waals surface area contributed by atoms with Gasteiger partial charge >= 0.3 is 11.9 Å². The maximum absolute atomic E-state index is 12.9. The van der Waals surface area contributed by atoms with Crippen molar-refractivity contribution in [3.05, 3.63) is 0 Å². The third kappa shape index (κ3) is 3.12. The SMILES string of the molecule is CC(=O)OC1CC(C)C(C)(C2CC3CC(O)OC3O2)C2CC3OC(OC(=O)C(C)C)C12C1(CO1)C3O. The molecular weight excluding hydrogens is 472 g/mol. The van der Waals surface area contributed by atoms with E-state index < -0.39 is 65.6 Å². The second-order valence-electron chi connectivity index (χ2n) is 12.4. The van der Waals surface area contributed by atoms with Crippen LogP contribution in [0.3, 0.4) is 0 Å². The largest absolute Gasteiger partial charge is 0.462 e. The molecule has 10 heteroatoms. The lowest BCUT2D eigenvalue weighted by Gasteiger charge is -2.69. The van der Waals surface area contributed by atoms with Gasteiger partial charge in [0, 0.05) is 24.7 Å². The molecule has 7 aliphatic rings. The Morgan fingerprint density at radius 1 is 1.03 bits per heavy atom. The van der Waals surface area contributed by atoms with Gasteiger partial charge in [0.25, 0.3) is 0 Å². The van der Waals surface area contributed by atoms with Crippen molar-refractivity contribution in [3.63, 3.8) is 0 Å². The summed E-state index contributed by atoms with van der Waals surface area (Å²) in [4.78, 5) is 25.2. The average Bonchev–Trinajstić information content (AvgIpc) is 3.38. The molecule has 202 valence electrons. The van der Waals surface area contributed by atoms with E-state index in [4.69, 9.17) is 28.4 Å². The number of fused-ring (bicyclic) bond motifs is 2. The highest BCUT2D eigenvalue weighted by molar-refractivity contribution is 5.72. The van der Waals surface area contributed by atoms with Crippen LogP contribution in [0.5, 0.6) is 0 Å². The lowest BCUT2D eigenvalue weighted by molar-refractivity contribution is -0.397. The van der Waals surface area contributed by atoms with Crippen molar-refractivity contribution in [2.45, 2.75) is 109 Å². The molecule has 13 unspecified atom stereocenters. The number of hydrogen-bond acceptors (Lipinski definition) is 10. The first kappa shape index (κ1) is 25.0. The first-order valence-electron chi connectivity index (χ1n) is 13.3. The Hall–Kier alpha value is -1.30. The second-order valence-corrected chi connectivity index (χ2v) is 12.4. The summed E-state index contributed by atoms with van der Waals surface area (Å²) in [6, 6.07) is 0. The number of esters is 2. The Labute approximate surface area is 210 Å². The second kappa shape index (κ2) is 8.10. The van der Waals surface area contributed by atoms with Gasteiger partial charge in [-0.2, -0.15) is 0 Å². The van der Waals surface area contributed by atoms with Crippen molar-refractivity contribution in [1.29, 1.82) is 0 Å². The maximum atomic E-state index is 12.9. The monoisotopic (exact) mass is 510 g/mol. The molecule has 0 aromatic heterocycles. The zero-order valence-corrected chi connectivity index (χ0v) is 21.5. The number of rotatable bonds is 4. The molecule has 5 heterocycles. The number of carbonyl (C=O) groups is 2. The summed E-state index contributed by atoms with van der Waals surface area (Å²) in [5, 5.41) is 21.3. The van der Waals surface area contributed by atoms with E-state index in [-0.39, 0.29) is 36.4 Å². The minimum Gasteiger partial charge on any atom is -0.462 e. The van der Waals surface area contributed by atoms with Gasteiger partial charge in [0.1, 0.15) is 23.2 Å². The van der Waals surface area contributed by atoms with Crippen molar-refractivity contribution in [2.24, 2.45) is 34.5 Å². The highest BCUT2D eigenvalue weighted by Crippen LogP contribution is 2.74. The first-order valence-corrected chi connectivity index (χ1v) is 13.3. The van der Waals surface area contributed by atoms with Crippen LogP contribution in [0.25, 0.3) is 0 Å². The van der Waals surface area contributed by atoms with Crippen molar-refractivity contribution in [3.8, 4) is 0 Å². The van der Waals surface area contributed by atoms with Crippen LogP contribution in [0.15, 0.2) is 0 Å². The smallest absolute Gasteiger partial charge is 0.310 e. The molecule has 36 heavy (non-hydrogen) atoms. The van der Waals surface area contributed by atoms with E-state index in [9.17, 15) is 19.8 Å². The summed E-state index contributed by atoms with van der Waals surface area (Å²) >= 11 is 0. The molecular formula is C26H38O10. The maximum Gasteiger partial charge on any atom is 0.310 e. The summed E-state index contributed by atoms with van der Waals surface area (Å²) < 4.78 is 36.5. The Bertz CT molecular complexity index is 920. The van der Waals surface area contributed by atoms with Gasteiger partial charge in [-0.15, -0.1) is 0 Å². The van der Waals surface area contributed by atoms with Gasteiger partial charge in [-0.05, 0) is 31.1 Å². The fraction of sp³-hybridized carbons (Fsp3) is 0.923. The van der Waals surface area contributed by atoms with Gasteiger partial charge in [-0.1, -0.05) is 27.7 Å². The van der Waals surface area contributed by atoms with E-state index in [2.05, 4.69) is 13.8 Å². The molecule has 0 aromatic rings. The number of hydrogen-bond donors (Lipinski definition) is 2. The average molecular weight is 511 g/mol. The van der Waals surface area contributed by atoms with Gasteiger partial charge in [-0.3, -0.25) is 9.59 Å². The normalized spacial score (nSPS) is 54.9. The molecule has 0 aromatic carbocycles. The lowest BCUT2D eigenvalue weighted by atomic mass is 9.40. The Morgan fingerprint density at radius 3 is 2.36 bits per heavy atom. The van der Waals surface area contributed by atoms with Crippen molar-refractivity contribution < 1.29 is 48.2 Å². The van der Waals surface area contributed by atoms with Crippen LogP contribution in [0.4, 0.5) is 0 Å².